The molecule has 3 N–H and O–H groups in total. The van der Waals surface area contributed by atoms with Gasteiger partial charge >= 0.3 is 0 Å². The first-order chi connectivity index (χ1) is 18.1. The number of amides is 1. The topological polar surface area (TPSA) is 128 Å². The summed E-state index contributed by atoms with van der Waals surface area (Å²) in [5.41, 5.74) is 10.0. The van der Waals surface area contributed by atoms with Crippen molar-refractivity contribution in [2.45, 2.75) is 12.8 Å². The number of hydrogen-bond acceptors (Lipinski definition) is 8. The summed E-state index contributed by atoms with van der Waals surface area (Å²) in [7, 11) is 0. The molecule has 4 aromatic heterocycles. The molecule has 0 radical (unpaired) electrons. The highest BCUT2D eigenvalue weighted by Crippen LogP contribution is 2.35. The Morgan fingerprint density at radius 2 is 1.92 bits per heavy atom. The molecular formula is C26H25N9O2. The van der Waals surface area contributed by atoms with Crippen LogP contribution in [0.3, 0.4) is 0 Å². The van der Waals surface area contributed by atoms with Crippen LogP contribution < -0.4 is 15.8 Å². The first-order valence-corrected chi connectivity index (χ1v) is 11.9. The van der Waals surface area contributed by atoms with Gasteiger partial charge in [0.2, 0.25) is 5.91 Å². The van der Waals surface area contributed by atoms with E-state index in [1.807, 2.05) is 60.2 Å². The van der Waals surface area contributed by atoms with E-state index in [1.165, 1.54) is 18.7 Å². The normalized spacial score (nSPS) is 13.9. The Morgan fingerprint density at radius 1 is 1.11 bits per heavy atom. The second-order valence-electron chi connectivity index (χ2n) is 8.88. The van der Waals surface area contributed by atoms with Gasteiger partial charge in [-0.2, -0.15) is 10.2 Å². The molecule has 11 nitrogen and oxygen atoms in total. The number of ether oxygens (including phenoxy) is 1. The van der Waals surface area contributed by atoms with E-state index in [0.717, 1.165) is 33.7 Å². The SMILES string of the molecule is Cc1cc(Nc2ncnn3ccc(C4CN(C(=O)/C=C/CN)C4)c23)ccc1Oc1ccn2ncnc2c1. The Kier molecular flexibility index (Phi) is 5.73. The molecule has 37 heavy (non-hydrogen) atoms. The van der Waals surface area contributed by atoms with Crippen LogP contribution >= 0.6 is 0 Å². The van der Waals surface area contributed by atoms with E-state index >= 15 is 0 Å². The van der Waals surface area contributed by atoms with E-state index in [9.17, 15) is 4.79 Å². The Balaban J connectivity index is 1.20. The summed E-state index contributed by atoms with van der Waals surface area (Å²) in [5, 5.41) is 11.9. The number of aromatic nitrogens is 6. The number of nitrogens with two attached hydrogens (primary N) is 1. The number of carbonyl (C=O) groups is 1. The van der Waals surface area contributed by atoms with E-state index in [1.54, 1.807) is 15.5 Å². The lowest BCUT2D eigenvalue weighted by atomic mass is 9.92. The molecule has 0 aliphatic carbocycles. The molecule has 0 spiro atoms. The molecule has 6 rings (SSSR count). The number of anilines is 2. The van der Waals surface area contributed by atoms with Crippen LogP contribution in [-0.4, -0.2) is 59.6 Å². The van der Waals surface area contributed by atoms with Gasteiger partial charge in [0.15, 0.2) is 11.5 Å². The van der Waals surface area contributed by atoms with Gasteiger partial charge in [0.05, 0.1) is 0 Å². The lowest BCUT2D eigenvalue weighted by Crippen LogP contribution is -2.47. The number of likely N-dealkylation sites (tertiary alicyclic amines) is 1. The fourth-order valence-corrected chi connectivity index (χ4v) is 4.49. The molecule has 1 aliphatic heterocycles. The summed E-state index contributed by atoms with van der Waals surface area (Å²) in [6, 6.07) is 11.6. The van der Waals surface area contributed by atoms with Crippen molar-refractivity contribution in [3.8, 4) is 11.5 Å². The molecule has 1 saturated heterocycles. The number of nitrogens with zero attached hydrogens (tertiary/aromatic N) is 7. The number of carbonyl (C=O) groups excluding carboxylic acids is 1. The minimum atomic E-state index is -0.0148. The Bertz CT molecular complexity index is 1630. The smallest absolute Gasteiger partial charge is 0.246 e. The molecule has 5 aromatic rings. The van der Waals surface area contributed by atoms with Crippen molar-refractivity contribution in [2.75, 3.05) is 25.0 Å². The predicted octanol–water partition coefficient (Wildman–Crippen LogP) is 3.06. The summed E-state index contributed by atoms with van der Waals surface area (Å²) in [6.45, 7) is 3.64. The molecular weight excluding hydrogens is 470 g/mol. The zero-order valence-corrected chi connectivity index (χ0v) is 20.2. The van der Waals surface area contributed by atoms with Crippen LogP contribution in [0.5, 0.6) is 11.5 Å². The predicted molar refractivity (Wildman–Crippen MR) is 138 cm³/mol. The van der Waals surface area contributed by atoms with Crippen molar-refractivity contribution in [1.82, 2.24) is 34.1 Å². The average Bonchev–Trinajstić information content (AvgIpc) is 3.51. The lowest BCUT2D eigenvalue weighted by molar-refractivity contribution is -0.130. The fourth-order valence-electron chi connectivity index (χ4n) is 4.49. The quantitative estimate of drug-likeness (QED) is 0.330. The zero-order valence-electron chi connectivity index (χ0n) is 20.2. The van der Waals surface area contributed by atoms with E-state index in [2.05, 4.69) is 25.5 Å². The van der Waals surface area contributed by atoms with Crippen LogP contribution in [0, 0.1) is 6.92 Å². The van der Waals surface area contributed by atoms with Gasteiger partial charge in [-0.1, -0.05) is 6.08 Å². The molecule has 1 aliphatic rings. The van der Waals surface area contributed by atoms with Crippen LogP contribution in [0.15, 0.2) is 73.6 Å². The van der Waals surface area contributed by atoms with Gasteiger partial charge in [-0.05, 0) is 48.4 Å². The molecule has 0 saturated carbocycles. The van der Waals surface area contributed by atoms with Crippen LogP contribution in [0.25, 0.3) is 11.2 Å². The zero-order chi connectivity index (χ0) is 25.4. The van der Waals surface area contributed by atoms with Crippen LogP contribution in [-0.2, 0) is 4.79 Å². The maximum absolute atomic E-state index is 12.2. The van der Waals surface area contributed by atoms with E-state index in [4.69, 9.17) is 10.5 Å². The number of pyridine rings is 1. The number of fused-ring (bicyclic) bond motifs is 2. The first-order valence-electron chi connectivity index (χ1n) is 11.9. The summed E-state index contributed by atoms with van der Waals surface area (Å²) >= 11 is 0. The van der Waals surface area contributed by atoms with Gasteiger partial charge < -0.3 is 20.7 Å². The minimum Gasteiger partial charge on any atom is -0.457 e. The van der Waals surface area contributed by atoms with Crippen molar-refractivity contribution in [3.63, 3.8) is 0 Å². The summed E-state index contributed by atoms with van der Waals surface area (Å²) in [4.78, 5) is 22.7. The third-order valence-corrected chi connectivity index (χ3v) is 6.43. The largest absolute Gasteiger partial charge is 0.457 e. The first kappa shape index (κ1) is 22.7. The molecule has 1 aromatic carbocycles. The maximum atomic E-state index is 12.2. The molecule has 0 atom stereocenters. The number of rotatable bonds is 7. The highest BCUT2D eigenvalue weighted by atomic mass is 16.5. The molecule has 0 bridgehead atoms. The number of nitrogens with one attached hydrogen (secondary N) is 1. The minimum absolute atomic E-state index is 0.0148. The van der Waals surface area contributed by atoms with Gasteiger partial charge in [0, 0.05) is 55.8 Å². The summed E-state index contributed by atoms with van der Waals surface area (Å²) in [5.74, 6) is 2.33. The van der Waals surface area contributed by atoms with Crippen molar-refractivity contribution >= 4 is 28.6 Å². The molecule has 1 fully saturated rings. The van der Waals surface area contributed by atoms with Gasteiger partial charge in [-0.25, -0.2) is 19.0 Å². The van der Waals surface area contributed by atoms with Crippen LogP contribution in [0.4, 0.5) is 11.5 Å². The number of hydrogen-bond donors (Lipinski definition) is 2. The second kappa shape index (κ2) is 9.36. The van der Waals surface area contributed by atoms with Crippen LogP contribution in [0.1, 0.15) is 17.0 Å². The standard InChI is InChI=1S/C26H25N9O2/c1-17-11-19(4-5-22(17)37-20-6-9-34-23(12-20)28-15-30-34)32-26-25-21(7-10-35(25)31-16-29-26)18-13-33(14-18)24(36)3-2-8-27/h2-7,9-12,15-16,18H,8,13-14,27H2,1H3,(H,29,31,32)/b3-2+. The average molecular weight is 496 g/mol. The molecule has 11 heteroatoms. The van der Waals surface area contributed by atoms with E-state index in [0.29, 0.717) is 31.2 Å². The molecule has 186 valence electrons. The molecule has 1 amide bonds. The molecule has 5 heterocycles. The summed E-state index contributed by atoms with van der Waals surface area (Å²) < 4.78 is 9.59. The Labute approximate surface area is 212 Å². The van der Waals surface area contributed by atoms with Crippen molar-refractivity contribution < 1.29 is 9.53 Å². The van der Waals surface area contributed by atoms with Gasteiger partial charge in [0.25, 0.3) is 0 Å². The molecule has 0 unspecified atom stereocenters. The van der Waals surface area contributed by atoms with Gasteiger partial charge in [-0.15, -0.1) is 0 Å². The van der Waals surface area contributed by atoms with E-state index in [-0.39, 0.29) is 11.8 Å². The highest BCUT2D eigenvalue weighted by Gasteiger charge is 2.33. The van der Waals surface area contributed by atoms with Crippen molar-refractivity contribution in [3.05, 3.63) is 84.7 Å². The maximum Gasteiger partial charge on any atom is 0.246 e. The third kappa shape index (κ3) is 4.36. The Hall–Kier alpha value is -4.77. The monoisotopic (exact) mass is 495 g/mol. The van der Waals surface area contributed by atoms with E-state index < -0.39 is 0 Å². The second-order valence-corrected chi connectivity index (χ2v) is 8.88. The fraction of sp³-hybridized carbons (Fsp3) is 0.192. The number of aryl methyl sites for hydroxylation is 1. The highest BCUT2D eigenvalue weighted by molar-refractivity contribution is 5.88. The lowest BCUT2D eigenvalue weighted by Gasteiger charge is -2.38. The Morgan fingerprint density at radius 3 is 2.76 bits per heavy atom. The third-order valence-electron chi connectivity index (χ3n) is 6.43. The van der Waals surface area contributed by atoms with Gasteiger partial charge in [-0.3, -0.25) is 4.79 Å². The van der Waals surface area contributed by atoms with Gasteiger partial charge in [0.1, 0.15) is 29.7 Å². The van der Waals surface area contributed by atoms with Crippen molar-refractivity contribution in [1.29, 1.82) is 0 Å². The number of benzene rings is 1. The summed E-state index contributed by atoms with van der Waals surface area (Å²) in [6.07, 6.45) is 9.97. The van der Waals surface area contributed by atoms with Crippen LogP contribution in [0.2, 0.25) is 0 Å². The van der Waals surface area contributed by atoms with Crippen molar-refractivity contribution in [2.24, 2.45) is 5.73 Å².